The second-order valence-electron chi connectivity index (χ2n) is 7.34. The summed E-state index contributed by atoms with van der Waals surface area (Å²) in [5.74, 6) is 0.307. The van der Waals surface area contributed by atoms with Gasteiger partial charge in [-0.3, -0.25) is 0 Å². The van der Waals surface area contributed by atoms with E-state index in [1.807, 2.05) is 29.2 Å². The number of Topliss-reactive ketones (excluding diaryl/α,β-unsaturated/α-hetero) is 1. The van der Waals surface area contributed by atoms with Gasteiger partial charge < -0.3 is 9.69 Å². The van der Waals surface area contributed by atoms with Crippen LogP contribution in [0.2, 0.25) is 5.02 Å². The fourth-order valence-electron chi connectivity index (χ4n) is 3.98. The van der Waals surface area contributed by atoms with Crippen LogP contribution in [0.1, 0.15) is 50.2 Å². The quantitative estimate of drug-likeness (QED) is 0.440. The molecule has 0 radical (unpaired) electrons. The Morgan fingerprint density at radius 1 is 1.15 bits per heavy atom. The van der Waals surface area contributed by atoms with Gasteiger partial charge in [-0.05, 0) is 73.9 Å². The topological polar surface area (TPSA) is 20.3 Å². The molecule has 1 aromatic heterocycles. The molecule has 3 heterocycles. The maximum Gasteiger partial charge on any atom is 0.129 e. The number of fused-ring (bicyclic) bond motifs is 2. The molecule has 1 fully saturated rings. The normalized spacial score (nSPS) is 17.0. The Morgan fingerprint density at radius 3 is 2.74 bits per heavy atom. The molecule has 0 atom stereocenters. The molecule has 5 heteroatoms. The van der Waals surface area contributed by atoms with Gasteiger partial charge in [-0.2, -0.15) is 0 Å². The number of thiophene rings is 1. The van der Waals surface area contributed by atoms with E-state index < -0.39 is 0 Å². The van der Waals surface area contributed by atoms with Gasteiger partial charge in [-0.1, -0.05) is 35.0 Å². The van der Waals surface area contributed by atoms with Crippen LogP contribution >= 0.6 is 34.7 Å². The largest absolute Gasteiger partial charge is 0.303 e. The number of likely N-dealkylation sites (tertiary alicyclic amines) is 1. The number of carbonyl (C=O) groups excluding carboxylic acids is 1. The molecular formula is C22H24ClNOS2. The molecule has 1 saturated heterocycles. The summed E-state index contributed by atoms with van der Waals surface area (Å²) in [6, 6.07) is 8.60. The number of ketones is 1. The molecule has 2 aromatic rings. The van der Waals surface area contributed by atoms with Crippen LogP contribution in [-0.2, 0) is 4.79 Å². The lowest BCUT2D eigenvalue weighted by Crippen LogP contribution is -2.32. The minimum absolute atomic E-state index is 0.307. The first-order valence-corrected chi connectivity index (χ1v) is 11.7. The van der Waals surface area contributed by atoms with E-state index in [0.29, 0.717) is 5.78 Å². The van der Waals surface area contributed by atoms with Crippen LogP contribution < -0.4 is 0 Å². The number of hydrogen-bond donors (Lipinski definition) is 0. The van der Waals surface area contributed by atoms with Gasteiger partial charge in [0, 0.05) is 35.0 Å². The zero-order valence-electron chi connectivity index (χ0n) is 15.6. The van der Waals surface area contributed by atoms with Gasteiger partial charge in [-0.15, -0.1) is 11.3 Å². The van der Waals surface area contributed by atoms with Crippen molar-refractivity contribution in [2.75, 3.05) is 19.6 Å². The van der Waals surface area contributed by atoms with Crippen molar-refractivity contribution in [2.24, 2.45) is 0 Å². The molecule has 2 aliphatic rings. The number of piperidine rings is 1. The zero-order valence-corrected chi connectivity index (χ0v) is 18.0. The first-order chi connectivity index (χ1) is 13.1. The maximum absolute atomic E-state index is 11.1. The van der Waals surface area contributed by atoms with Crippen LogP contribution in [0.3, 0.4) is 0 Å². The molecule has 142 valence electrons. The highest BCUT2D eigenvalue weighted by atomic mass is 35.5. The number of nitrogens with zero attached hydrogens (tertiary/aromatic N) is 1. The van der Waals surface area contributed by atoms with Gasteiger partial charge >= 0.3 is 0 Å². The lowest BCUT2D eigenvalue weighted by Gasteiger charge is -2.31. The van der Waals surface area contributed by atoms with Gasteiger partial charge in [0.25, 0.3) is 0 Å². The lowest BCUT2D eigenvalue weighted by molar-refractivity contribution is -0.117. The highest BCUT2D eigenvalue weighted by molar-refractivity contribution is 8.01. The molecule has 27 heavy (non-hydrogen) atoms. The minimum Gasteiger partial charge on any atom is -0.303 e. The van der Waals surface area contributed by atoms with Crippen molar-refractivity contribution < 1.29 is 4.79 Å². The van der Waals surface area contributed by atoms with E-state index in [2.05, 4.69) is 28.5 Å². The SMILES string of the molecule is CC(=O)CCCCN1CCC(=C2c3ccc(Cl)cc3Sc3sccc32)CC1. The highest BCUT2D eigenvalue weighted by Crippen LogP contribution is 2.50. The molecule has 0 saturated carbocycles. The van der Waals surface area contributed by atoms with Crippen LogP contribution in [-0.4, -0.2) is 30.3 Å². The van der Waals surface area contributed by atoms with Crippen molar-refractivity contribution in [3.63, 3.8) is 0 Å². The van der Waals surface area contributed by atoms with Crippen molar-refractivity contribution in [1.29, 1.82) is 0 Å². The Morgan fingerprint density at radius 2 is 1.96 bits per heavy atom. The summed E-state index contributed by atoms with van der Waals surface area (Å²) >= 11 is 9.93. The molecule has 0 unspecified atom stereocenters. The fraction of sp³-hybridized carbons (Fsp3) is 0.409. The molecule has 0 spiro atoms. The van der Waals surface area contributed by atoms with E-state index in [-0.39, 0.29) is 0 Å². The third-order valence-electron chi connectivity index (χ3n) is 5.38. The average Bonchev–Trinajstić information content (AvgIpc) is 3.11. The predicted molar refractivity (Wildman–Crippen MR) is 116 cm³/mol. The number of rotatable bonds is 5. The Kier molecular flexibility index (Phi) is 6.08. The summed E-state index contributed by atoms with van der Waals surface area (Å²) in [4.78, 5) is 14.9. The summed E-state index contributed by atoms with van der Waals surface area (Å²) < 4.78 is 1.39. The van der Waals surface area contributed by atoms with Crippen LogP contribution in [0.5, 0.6) is 0 Å². The molecule has 0 aliphatic carbocycles. The van der Waals surface area contributed by atoms with Crippen LogP contribution in [0.25, 0.3) is 5.57 Å². The summed E-state index contributed by atoms with van der Waals surface area (Å²) in [6.07, 6.45) is 5.12. The molecule has 2 aliphatic heterocycles. The van der Waals surface area contributed by atoms with Crippen molar-refractivity contribution in [2.45, 2.75) is 48.1 Å². The van der Waals surface area contributed by atoms with E-state index in [9.17, 15) is 4.79 Å². The number of halogens is 1. The monoisotopic (exact) mass is 417 g/mol. The zero-order chi connectivity index (χ0) is 18.8. The van der Waals surface area contributed by atoms with Crippen molar-refractivity contribution in [1.82, 2.24) is 4.90 Å². The second kappa shape index (κ2) is 8.52. The van der Waals surface area contributed by atoms with Gasteiger partial charge in [-0.25, -0.2) is 0 Å². The molecule has 0 bridgehead atoms. The lowest BCUT2D eigenvalue weighted by atomic mass is 9.89. The van der Waals surface area contributed by atoms with Gasteiger partial charge in [0.15, 0.2) is 0 Å². The van der Waals surface area contributed by atoms with Crippen molar-refractivity contribution in [3.8, 4) is 0 Å². The molecule has 0 N–H and O–H groups in total. The first-order valence-electron chi connectivity index (χ1n) is 9.61. The highest BCUT2D eigenvalue weighted by Gasteiger charge is 2.26. The molecular weight excluding hydrogens is 394 g/mol. The minimum atomic E-state index is 0.307. The summed E-state index contributed by atoms with van der Waals surface area (Å²) in [7, 11) is 0. The third kappa shape index (κ3) is 4.34. The second-order valence-corrected chi connectivity index (χ2v) is 10.0. The Hall–Kier alpha value is -1.07. The number of hydrogen-bond acceptors (Lipinski definition) is 4. The van der Waals surface area contributed by atoms with Crippen LogP contribution in [0, 0.1) is 0 Å². The van der Waals surface area contributed by atoms with E-state index in [4.69, 9.17) is 11.6 Å². The van der Waals surface area contributed by atoms with Gasteiger partial charge in [0.05, 0.1) is 4.21 Å². The number of carbonyl (C=O) groups is 1. The van der Waals surface area contributed by atoms with Crippen LogP contribution in [0.15, 0.2) is 44.3 Å². The molecule has 0 amide bonds. The standard InChI is InChI=1S/C22H24ClNOS2/c1-15(25)4-2-3-10-24-11-7-16(8-12-24)21-18-6-5-17(23)14-20(18)27-22-19(21)9-13-26-22/h5-6,9,13-14H,2-4,7-8,10-12H2,1H3. The maximum atomic E-state index is 11.1. The van der Waals surface area contributed by atoms with Crippen molar-refractivity contribution in [3.05, 3.63) is 51.4 Å². The molecule has 4 rings (SSSR count). The smallest absolute Gasteiger partial charge is 0.129 e. The first kappa shape index (κ1) is 19.3. The third-order valence-corrected chi connectivity index (χ3v) is 7.82. The summed E-state index contributed by atoms with van der Waals surface area (Å²) in [5.41, 5.74) is 5.79. The Balaban J connectivity index is 1.51. The molecule has 2 nitrogen and oxygen atoms in total. The van der Waals surface area contributed by atoms with E-state index in [1.54, 1.807) is 12.5 Å². The summed E-state index contributed by atoms with van der Waals surface area (Å²) in [6.45, 7) is 5.04. The van der Waals surface area contributed by atoms with Gasteiger partial charge in [0.2, 0.25) is 0 Å². The number of unbranched alkanes of at least 4 members (excludes halogenated alkanes) is 1. The van der Waals surface area contributed by atoms with Crippen molar-refractivity contribution >= 4 is 46.1 Å². The van der Waals surface area contributed by atoms with E-state index in [1.165, 1.54) is 25.8 Å². The Bertz CT molecular complexity index is 876. The summed E-state index contributed by atoms with van der Waals surface area (Å²) in [5, 5.41) is 3.02. The van der Waals surface area contributed by atoms with E-state index in [0.717, 1.165) is 56.8 Å². The predicted octanol–water partition coefficient (Wildman–Crippen LogP) is 6.52. The Labute approximate surface area is 174 Å². The van der Waals surface area contributed by atoms with E-state index >= 15 is 0 Å². The average molecular weight is 418 g/mol. The molecule has 1 aromatic carbocycles. The van der Waals surface area contributed by atoms with Gasteiger partial charge in [0.1, 0.15) is 5.78 Å². The van der Waals surface area contributed by atoms with Crippen LogP contribution in [0.4, 0.5) is 0 Å². The number of benzene rings is 1. The fourth-order valence-corrected chi connectivity index (χ4v) is 6.41.